The van der Waals surface area contributed by atoms with E-state index < -0.39 is 0 Å². The van der Waals surface area contributed by atoms with Gasteiger partial charge in [0, 0.05) is 17.7 Å². The normalized spacial score (nSPS) is 11.1. The molecule has 0 atom stereocenters. The first kappa shape index (κ1) is 15.1. The van der Waals surface area contributed by atoms with Crippen LogP contribution in [0, 0.1) is 5.82 Å². The van der Waals surface area contributed by atoms with E-state index in [4.69, 9.17) is 11.6 Å². The summed E-state index contributed by atoms with van der Waals surface area (Å²) in [6.07, 6.45) is 1.59. The number of aromatic nitrogens is 3. The van der Waals surface area contributed by atoms with Crippen LogP contribution in [0.15, 0.2) is 36.5 Å². The Morgan fingerprint density at radius 2 is 1.91 bits per heavy atom. The maximum absolute atomic E-state index is 14.2. The van der Waals surface area contributed by atoms with Crippen LogP contribution in [0.2, 0.25) is 5.28 Å². The molecule has 2 aromatic heterocycles. The molecule has 0 aliphatic carbocycles. The maximum atomic E-state index is 14.2. The minimum absolute atomic E-state index is 0.163. The van der Waals surface area contributed by atoms with Crippen LogP contribution in [0.3, 0.4) is 0 Å². The van der Waals surface area contributed by atoms with Crippen molar-refractivity contribution < 1.29 is 4.39 Å². The van der Waals surface area contributed by atoms with Crippen molar-refractivity contribution in [2.75, 3.05) is 0 Å². The number of rotatable bonds is 3. The van der Waals surface area contributed by atoms with Crippen LogP contribution in [0.4, 0.5) is 4.39 Å². The zero-order valence-electron chi connectivity index (χ0n) is 12.0. The van der Waals surface area contributed by atoms with Crippen molar-refractivity contribution >= 4 is 22.9 Å². The van der Waals surface area contributed by atoms with Gasteiger partial charge in [0.2, 0.25) is 5.28 Å². The number of hydrogen-bond donors (Lipinski definition) is 0. The molecule has 0 aliphatic heterocycles. The van der Waals surface area contributed by atoms with Crippen LogP contribution in [0.25, 0.3) is 21.8 Å². The van der Waals surface area contributed by atoms with Gasteiger partial charge in [-0.05, 0) is 29.8 Å². The van der Waals surface area contributed by atoms with Crippen molar-refractivity contribution in [1.82, 2.24) is 15.0 Å². The van der Waals surface area contributed by atoms with Gasteiger partial charge in [-0.3, -0.25) is 0 Å². The average molecular weight is 334 g/mol. The van der Waals surface area contributed by atoms with Crippen LogP contribution in [0.5, 0.6) is 0 Å². The van der Waals surface area contributed by atoms with Gasteiger partial charge in [0.25, 0.3) is 0 Å². The molecule has 2 heterocycles. The molecule has 0 aliphatic rings. The Morgan fingerprint density at radius 1 is 1.14 bits per heavy atom. The fourth-order valence-electron chi connectivity index (χ4n) is 2.05. The molecule has 6 heteroatoms. The molecule has 1 aromatic carbocycles. The number of thiazole rings is 1. The molecular formula is C16H13ClFN3S. The number of hydrogen-bond acceptors (Lipinski definition) is 4. The summed E-state index contributed by atoms with van der Waals surface area (Å²) in [5.41, 5.74) is 1.72. The highest BCUT2D eigenvalue weighted by molar-refractivity contribution is 7.15. The molecule has 0 N–H and O–H groups in total. The number of halogens is 2. The third-order valence-corrected chi connectivity index (χ3v) is 4.69. The summed E-state index contributed by atoms with van der Waals surface area (Å²) in [5.74, 6) is -0.0499. The van der Waals surface area contributed by atoms with E-state index in [2.05, 4.69) is 28.8 Å². The molecule has 0 radical (unpaired) electrons. The lowest BCUT2D eigenvalue weighted by atomic mass is 10.1. The van der Waals surface area contributed by atoms with Gasteiger partial charge in [0.15, 0.2) is 0 Å². The molecule has 3 aromatic rings. The van der Waals surface area contributed by atoms with Gasteiger partial charge >= 0.3 is 0 Å². The van der Waals surface area contributed by atoms with Gasteiger partial charge in [0.05, 0.1) is 21.3 Å². The summed E-state index contributed by atoms with van der Waals surface area (Å²) in [4.78, 5) is 13.6. The number of benzene rings is 1. The standard InChI is InChI=1S/C16H13ClFN3S/c1-9(2)15-21-13(10-5-3-4-6-11(10)18)14(22-15)12-7-8-19-16(17)20-12/h3-9H,1-2H3. The van der Waals surface area contributed by atoms with Gasteiger partial charge < -0.3 is 0 Å². The summed E-state index contributed by atoms with van der Waals surface area (Å²) in [6.45, 7) is 4.11. The molecule has 0 unspecified atom stereocenters. The Kier molecular flexibility index (Phi) is 4.18. The minimum Gasteiger partial charge on any atom is -0.240 e. The van der Waals surface area contributed by atoms with E-state index in [0.29, 0.717) is 17.0 Å². The SMILES string of the molecule is CC(C)c1nc(-c2ccccc2F)c(-c2ccnc(Cl)n2)s1. The molecule has 3 nitrogen and oxygen atoms in total. The highest BCUT2D eigenvalue weighted by Gasteiger charge is 2.19. The Morgan fingerprint density at radius 3 is 2.59 bits per heavy atom. The van der Waals surface area contributed by atoms with Crippen molar-refractivity contribution in [2.24, 2.45) is 0 Å². The summed E-state index contributed by atoms with van der Waals surface area (Å²) >= 11 is 7.39. The van der Waals surface area contributed by atoms with E-state index in [1.807, 2.05) is 0 Å². The largest absolute Gasteiger partial charge is 0.240 e. The zero-order chi connectivity index (χ0) is 15.7. The molecule has 0 bridgehead atoms. The molecule has 3 rings (SSSR count). The van der Waals surface area contributed by atoms with Crippen molar-refractivity contribution in [1.29, 1.82) is 0 Å². The topological polar surface area (TPSA) is 38.7 Å². The second-order valence-corrected chi connectivity index (χ2v) is 6.44. The Labute approximate surface area is 136 Å². The van der Waals surface area contributed by atoms with Gasteiger partial charge in [-0.25, -0.2) is 19.3 Å². The Bertz CT molecular complexity index is 817. The first-order valence-corrected chi connectivity index (χ1v) is 8.00. The van der Waals surface area contributed by atoms with Gasteiger partial charge in [-0.1, -0.05) is 26.0 Å². The molecule has 0 amide bonds. The van der Waals surface area contributed by atoms with E-state index in [1.54, 1.807) is 30.5 Å². The van der Waals surface area contributed by atoms with Crippen LogP contribution in [-0.4, -0.2) is 15.0 Å². The fraction of sp³-hybridized carbons (Fsp3) is 0.188. The third kappa shape index (κ3) is 2.87. The Balaban J connectivity index is 2.23. The molecular weight excluding hydrogens is 321 g/mol. The summed E-state index contributed by atoms with van der Waals surface area (Å²) in [6, 6.07) is 8.37. The van der Waals surface area contributed by atoms with Crippen molar-refractivity contribution in [2.45, 2.75) is 19.8 Å². The van der Waals surface area contributed by atoms with E-state index in [9.17, 15) is 4.39 Å². The first-order valence-electron chi connectivity index (χ1n) is 6.81. The molecule has 0 saturated carbocycles. The first-order chi connectivity index (χ1) is 10.6. The third-order valence-electron chi connectivity index (χ3n) is 3.13. The smallest absolute Gasteiger partial charge is 0.222 e. The lowest BCUT2D eigenvalue weighted by Gasteiger charge is -2.03. The fourth-order valence-corrected chi connectivity index (χ4v) is 3.25. The van der Waals surface area contributed by atoms with E-state index in [1.165, 1.54) is 17.4 Å². The Hall–Kier alpha value is -1.85. The minimum atomic E-state index is -0.301. The van der Waals surface area contributed by atoms with Crippen LogP contribution < -0.4 is 0 Å². The maximum Gasteiger partial charge on any atom is 0.222 e. The molecule has 0 saturated heterocycles. The zero-order valence-corrected chi connectivity index (χ0v) is 13.6. The molecule has 0 spiro atoms. The van der Waals surface area contributed by atoms with Gasteiger partial charge in [-0.15, -0.1) is 11.3 Å². The predicted molar refractivity (Wildman–Crippen MR) is 87.6 cm³/mol. The van der Waals surface area contributed by atoms with Crippen molar-refractivity contribution in [3.05, 3.63) is 52.6 Å². The van der Waals surface area contributed by atoms with E-state index >= 15 is 0 Å². The monoisotopic (exact) mass is 333 g/mol. The van der Waals surface area contributed by atoms with E-state index in [-0.39, 0.29) is 17.0 Å². The summed E-state index contributed by atoms with van der Waals surface area (Å²) < 4.78 is 14.2. The number of nitrogens with zero attached hydrogens (tertiary/aromatic N) is 3. The second kappa shape index (κ2) is 6.10. The lowest BCUT2D eigenvalue weighted by Crippen LogP contribution is -1.90. The van der Waals surface area contributed by atoms with Gasteiger partial charge in [-0.2, -0.15) is 0 Å². The van der Waals surface area contributed by atoms with E-state index in [0.717, 1.165) is 9.88 Å². The quantitative estimate of drug-likeness (QED) is 0.620. The van der Waals surface area contributed by atoms with Gasteiger partial charge in [0.1, 0.15) is 5.82 Å². The average Bonchev–Trinajstić information content (AvgIpc) is 2.93. The second-order valence-electron chi connectivity index (χ2n) is 5.08. The van der Waals surface area contributed by atoms with Crippen LogP contribution in [0.1, 0.15) is 24.8 Å². The lowest BCUT2D eigenvalue weighted by molar-refractivity contribution is 0.631. The van der Waals surface area contributed by atoms with Crippen LogP contribution in [-0.2, 0) is 0 Å². The van der Waals surface area contributed by atoms with Crippen molar-refractivity contribution in [3.8, 4) is 21.8 Å². The molecule has 22 heavy (non-hydrogen) atoms. The predicted octanol–water partition coefficient (Wildman–Crippen LogP) is 5.18. The highest BCUT2D eigenvalue weighted by atomic mass is 35.5. The summed E-state index contributed by atoms with van der Waals surface area (Å²) in [5, 5.41) is 1.10. The molecule has 112 valence electrons. The molecule has 0 fully saturated rings. The van der Waals surface area contributed by atoms with Crippen molar-refractivity contribution in [3.63, 3.8) is 0 Å². The summed E-state index contributed by atoms with van der Waals surface area (Å²) in [7, 11) is 0. The highest BCUT2D eigenvalue weighted by Crippen LogP contribution is 2.39. The van der Waals surface area contributed by atoms with Crippen LogP contribution >= 0.6 is 22.9 Å².